The highest BCUT2D eigenvalue weighted by atomic mass is 35.5. The van der Waals surface area contributed by atoms with Gasteiger partial charge in [0.05, 0.1) is 11.7 Å². The van der Waals surface area contributed by atoms with E-state index in [4.69, 9.17) is 16.3 Å². The molecule has 0 aromatic heterocycles. The maximum Gasteiger partial charge on any atom is 0.0708 e. The van der Waals surface area contributed by atoms with Crippen LogP contribution in [0.15, 0.2) is 0 Å². The van der Waals surface area contributed by atoms with Crippen LogP contribution in [0.1, 0.15) is 64.7 Å². The lowest BCUT2D eigenvalue weighted by Crippen LogP contribution is -2.34. The summed E-state index contributed by atoms with van der Waals surface area (Å²) in [5, 5.41) is 3.83. The molecule has 2 unspecified atom stereocenters. The summed E-state index contributed by atoms with van der Waals surface area (Å²) in [5.74, 6) is 0. The maximum atomic E-state index is 6.33. The minimum Gasteiger partial charge on any atom is -0.370 e. The Morgan fingerprint density at radius 3 is 2.78 bits per heavy atom. The van der Waals surface area contributed by atoms with E-state index in [1.54, 1.807) is 0 Å². The van der Waals surface area contributed by atoms with Crippen LogP contribution in [-0.2, 0) is 4.74 Å². The fourth-order valence-electron chi connectivity index (χ4n) is 3.37. The van der Waals surface area contributed by atoms with Crippen LogP contribution in [0.4, 0.5) is 0 Å². The van der Waals surface area contributed by atoms with E-state index in [1.165, 1.54) is 51.4 Å². The lowest BCUT2D eigenvalue weighted by Gasteiger charge is -2.33. The molecule has 2 nitrogen and oxygen atoms in total. The Labute approximate surface area is 117 Å². The zero-order valence-corrected chi connectivity index (χ0v) is 12.5. The highest BCUT2D eigenvalue weighted by Gasteiger charge is 2.40. The third kappa shape index (κ3) is 4.40. The van der Waals surface area contributed by atoms with Crippen molar-refractivity contribution in [2.75, 3.05) is 13.1 Å². The highest BCUT2D eigenvalue weighted by molar-refractivity contribution is 6.20. The van der Waals surface area contributed by atoms with Crippen molar-refractivity contribution >= 4 is 11.6 Å². The molecular weight excluding hydrogens is 246 g/mol. The molecule has 0 radical (unpaired) electrons. The minimum absolute atomic E-state index is 0.273. The van der Waals surface area contributed by atoms with Gasteiger partial charge in [-0.25, -0.2) is 0 Å². The smallest absolute Gasteiger partial charge is 0.0708 e. The van der Waals surface area contributed by atoms with Crippen LogP contribution in [-0.4, -0.2) is 30.2 Å². The maximum absolute atomic E-state index is 6.33. The largest absolute Gasteiger partial charge is 0.370 e. The van der Waals surface area contributed by atoms with Crippen LogP contribution in [0, 0.1) is 0 Å². The van der Waals surface area contributed by atoms with Gasteiger partial charge in [0.1, 0.15) is 0 Å². The Morgan fingerprint density at radius 1 is 1.28 bits per heavy atom. The summed E-state index contributed by atoms with van der Waals surface area (Å²) in [6, 6.07) is 0. The number of alkyl halides is 1. The second kappa shape index (κ2) is 7.12. The van der Waals surface area contributed by atoms with Crippen LogP contribution in [0.3, 0.4) is 0 Å². The summed E-state index contributed by atoms with van der Waals surface area (Å²) < 4.78 is 6.33. The summed E-state index contributed by atoms with van der Waals surface area (Å²) in [6.45, 7) is 4.16. The molecule has 3 heteroatoms. The summed E-state index contributed by atoms with van der Waals surface area (Å²) in [4.78, 5) is 0. The van der Waals surface area contributed by atoms with Crippen LogP contribution in [0.5, 0.6) is 0 Å². The SMILES string of the molecule is CC(Cl)CCCNCC1CCC2(CCCCC2)O1. The molecule has 0 aromatic rings. The minimum atomic E-state index is 0.273. The Morgan fingerprint density at radius 2 is 2.06 bits per heavy atom. The average Bonchev–Trinajstić information content (AvgIpc) is 2.72. The van der Waals surface area contributed by atoms with E-state index in [0.29, 0.717) is 11.5 Å². The number of rotatable bonds is 6. The Bertz CT molecular complexity index is 239. The topological polar surface area (TPSA) is 21.3 Å². The molecule has 2 fully saturated rings. The Kier molecular flexibility index (Phi) is 5.78. The number of hydrogen-bond donors (Lipinski definition) is 1. The van der Waals surface area contributed by atoms with Crippen molar-refractivity contribution in [1.29, 1.82) is 0 Å². The van der Waals surface area contributed by atoms with Gasteiger partial charge in [-0.1, -0.05) is 19.3 Å². The van der Waals surface area contributed by atoms with Crippen molar-refractivity contribution in [1.82, 2.24) is 5.32 Å². The van der Waals surface area contributed by atoms with E-state index >= 15 is 0 Å². The molecule has 18 heavy (non-hydrogen) atoms. The van der Waals surface area contributed by atoms with Crippen molar-refractivity contribution in [2.24, 2.45) is 0 Å². The predicted octanol–water partition coefficient (Wildman–Crippen LogP) is 3.87. The zero-order chi connectivity index (χ0) is 12.8. The van der Waals surface area contributed by atoms with E-state index in [1.807, 2.05) is 0 Å². The van der Waals surface area contributed by atoms with E-state index < -0.39 is 0 Å². The second-order valence-electron chi connectivity index (χ2n) is 6.15. The summed E-state index contributed by atoms with van der Waals surface area (Å²) >= 11 is 5.93. The van der Waals surface area contributed by atoms with Gasteiger partial charge in [0.2, 0.25) is 0 Å². The standard InChI is InChI=1S/C15H28ClNO/c1-13(16)6-5-11-17-12-14-7-10-15(18-14)8-3-2-4-9-15/h13-14,17H,2-12H2,1H3. The quantitative estimate of drug-likeness (QED) is 0.586. The van der Waals surface area contributed by atoms with Gasteiger partial charge in [-0.2, -0.15) is 0 Å². The zero-order valence-electron chi connectivity index (χ0n) is 11.7. The molecule has 2 atom stereocenters. The third-order valence-electron chi connectivity index (χ3n) is 4.43. The monoisotopic (exact) mass is 273 g/mol. The summed E-state index contributed by atoms with van der Waals surface area (Å²) in [6.07, 6.45) is 12.0. The molecule has 0 amide bonds. The van der Waals surface area contributed by atoms with Crippen LogP contribution in [0.25, 0.3) is 0 Å². The molecule has 1 aliphatic carbocycles. The number of halogens is 1. The van der Waals surface area contributed by atoms with E-state index in [0.717, 1.165) is 19.5 Å². The normalized spacial score (nSPS) is 28.7. The number of hydrogen-bond acceptors (Lipinski definition) is 2. The molecule has 1 saturated heterocycles. The average molecular weight is 274 g/mol. The number of nitrogens with one attached hydrogen (secondary N) is 1. The van der Waals surface area contributed by atoms with Crippen molar-refractivity contribution in [3.05, 3.63) is 0 Å². The molecule has 0 aromatic carbocycles. The van der Waals surface area contributed by atoms with Crippen molar-refractivity contribution in [2.45, 2.75) is 81.8 Å². The van der Waals surface area contributed by atoms with Gasteiger partial charge in [0, 0.05) is 11.9 Å². The third-order valence-corrected chi connectivity index (χ3v) is 4.65. The molecule has 106 valence electrons. The van der Waals surface area contributed by atoms with Gasteiger partial charge >= 0.3 is 0 Å². The van der Waals surface area contributed by atoms with E-state index in [9.17, 15) is 0 Å². The lowest BCUT2D eigenvalue weighted by atomic mass is 9.83. The van der Waals surface area contributed by atoms with E-state index in [-0.39, 0.29) is 5.60 Å². The van der Waals surface area contributed by atoms with Crippen molar-refractivity contribution in [3.63, 3.8) is 0 Å². The Balaban J connectivity index is 1.58. The van der Waals surface area contributed by atoms with Gasteiger partial charge in [-0.15, -0.1) is 11.6 Å². The van der Waals surface area contributed by atoms with Gasteiger partial charge in [-0.3, -0.25) is 0 Å². The molecule has 2 aliphatic rings. The summed E-state index contributed by atoms with van der Waals surface area (Å²) in [5.41, 5.74) is 0.273. The van der Waals surface area contributed by atoms with Crippen LogP contribution in [0.2, 0.25) is 0 Å². The Hall–Kier alpha value is 0.210. The van der Waals surface area contributed by atoms with Crippen molar-refractivity contribution in [3.8, 4) is 0 Å². The highest BCUT2D eigenvalue weighted by Crippen LogP contribution is 2.41. The molecule has 1 spiro atoms. The fraction of sp³-hybridized carbons (Fsp3) is 1.00. The van der Waals surface area contributed by atoms with Gasteiger partial charge < -0.3 is 10.1 Å². The molecule has 1 aliphatic heterocycles. The van der Waals surface area contributed by atoms with Gasteiger partial charge in [-0.05, 0) is 52.0 Å². The molecule has 1 saturated carbocycles. The molecule has 1 N–H and O–H groups in total. The van der Waals surface area contributed by atoms with Gasteiger partial charge in [0.25, 0.3) is 0 Å². The first-order valence-electron chi connectivity index (χ1n) is 7.73. The molecule has 2 rings (SSSR count). The fourth-order valence-corrected chi connectivity index (χ4v) is 3.53. The van der Waals surface area contributed by atoms with E-state index in [2.05, 4.69) is 12.2 Å². The number of ether oxygens (including phenoxy) is 1. The van der Waals surface area contributed by atoms with Crippen LogP contribution >= 0.6 is 11.6 Å². The van der Waals surface area contributed by atoms with Gasteiger partial charge in [0.15, 0.2) is 0 Å². The van der Waals surface area contributed by atoms with Crippen molar-refractivity contribution < 1.29 is 4.74 Å². The predicted molar refractivity (Wildman–Crippen MR) is 77.3 cm³/mol. The lowest BCUT2D eigenvalue weighted by molar-refractivity contribution is -0.0623. The molecule has 1 heterocycles. The first kappa shape index (κ1) is 14.6. The van der Waals surface area contributed by atoms with Crippen LogP contribution < -0.4 is 5.32 Å². The summed E-state index contributed by atoms with van der Waals surface area (Å²) in [7, 11) is 0. The first-order valence-corrected chi connectivity index (χ1v) is 8.16. The first-order chi connectivity index (χ1) is 8.70. The second-order valence-corrected chi connectivity index (χ2v) is 6.89. The molecular formula is C15H28ClNO. The molecule has 0 bridgehead atoms.